The Morgan fingerprint density at radius 1 is 1.12 bits per heavy atom. The van der Waals surface area contributed by atoms with Gasteiger partial charge in [-0.3, -0.25) is 0 Å². The normalized spacial score (nSPS) is 17.1. The molecule has 0 saturated heterocycles. The zero-order valence-electron chi connectivity index (χ0n) is 11.0. The van der Waals surface area contributed by atoms with E-state index in [2.05, 4.69) is 43.1 Å². The van der Waals surface area contributed by atoms with Crippen LogP contribution in [0.15, 0.2) is 24.3 Å². The molecule has 0 amide bonds. The second-order valence-corrected chi connectivity index (χ2v) is 5.30. The maximum Gasteiger partial charge on any atom is 0.0363 e. The van der Waals surface area contributed by atoms with Crippen LogP contribution in [0.3, 0.4) is 0 Å². The van der Waals surface area contributed by atoms with Gasteiger partial charge in [0.25, 0.3) is 0 Å². The average molecular weight is 230 g/mol. The maximum absolute atomic E-state index is 3.91. The predicted molar refractivity (Wildman–Crippen MR) is 75.3 cm³/mol. The Morgan fingerprint density at radius 2 is 1.76 bits per heavy atom. The number of nitrogens with zero attached hydrogens (tertiary/aromatic N) is 1. The van der Waals surface area contributed by atoms with E-state index in [1.54, 1.807) is 0 Å². The highest BCUT2D eigenvalue weighted by atomic mass is 15.1. The van der Waals surface area contributed by atoms with Crippen LogP contribution in [0, 0.1) is 12.8 Å². The summed E-state index contributed by atoms with van der Waals surface area (Å²) in [5.41, 5.74) is 2.66. The second kappa shape index (κ2) is 6.09. The van der Waals surface area contributed by atoms with E-state index in [1.807, 2.05) is 0 Å². The van der Waals surface area contributed by atoms with Crippen LogP contribution in [0.4, 0.5) is 5.69 Å². The number of anilines is 1. The van der Waals surface area contributed by atoms with Crippen LogP contribution in [-0.4, -0.2) is 13.6 Å². The predicted octanol–water partition coefficient (Wildman–Crippen LogP) is 4.08. The lowest BCUT2D eigenvalue weighted by atomic mass is 9.89. The molecule has 0 aliphatic heterocycles. The monoisotopic (exact) mass is 230 g/mol. The topological polar surface area (TPSA) is 3.24 Å². The Balaban J connectivity index is 1.91. The maximum atomic E-state index is 3.91. The molecule has 0 bridgehead atoms. The summed E-state index contributed by atoms with van der Waals surface area (Å²) in [6.45, 7) is 5.12. The Morgan fingerprint density at radius 3 is 2.35 bits per heavy atom. The first-order chi connectivity index (χ1) is 8.29. The van der Waals surface area contributed by atoms with Crippen molar-refractivity contribution in [1.82, 2.24) is 0 Å². The largest absolute Gasteiger partial charge is 0.374 e. The van der Waals surface area contributed by atoms with Crippen molar-refractivity contribution < 1.29 is 0 Å². The quantitative estimate of drug-likeness (QED) is 0.753. The molecule has 1 heteroatoms. The molecule has 1 radical (unpaired) electrons. The van der Waals surface area contributed by atoms with E-state index < -0.39 is 0 Å². The summed E-state index contributed by atoms with van der Waals surface area (Å²) in [5, 5.41) is 0. The standard InChI is InChI=1S/C16H24N/c1-3-14-9-11-16(12-10-14)17(2)13-15-7-5-4-6-8-15/h9-12,15H,1,3-8,13H2,2H3. The lowest BCUT2D eigenvalue weighted by Crippen LogP contribution is -2.26. The summed E-state index contributed by atoms with van der Waals surface area (Å²) in [6.07, 6.45) is 8.02. The van der Waals surface area contributed by atoms with Crippen LogP contribution in [0.25, 0.3) is 0 Å². The zero-order valence-corrected chi connectivity index (χ0v) is 11.0. The van der Waals surface area contributed by atoms with E-state index in [4.69, 9.17) is 0 Å². The minimum Gasteiger partial charge on any atom is -0.374 e. The van der Waals surface area contributed by atoms with Gasteiger partial charge in [-0.2, -0.15) is 0 Å². The average Bonchev–Trinajstić information content (AvgIpc) is 2.40. The lowest BCUT2D eigenvalue weighted by molar-refractivity contribution is 0.362. The van der Waals surface area contributed by atoms with Crippen LogP contribution in [-0.2, 0) is 6.42 Å². The molecule has 0 unspecified atom stereocenters. The molecule has 1 saturated carbocycles. The van der Waals surface area contributed by atoms with E-state index in [-0.39, 0.29) is 0 Å². The molecule has 0 atom stereocenters. The Bertz CT molecular complexity index is 322. The van der Waals surface area contributed by atoms with Gasteiger partial charge in [-0.1, -0.05) is 31.4 Å². The number of rotatable bonds is 4. The van der Waals surface area contributed by atoms with E-state index in [0.717, 1.165) is 12.3 Å². The van der Waals surface area contributed by atoms with Gasteiger partial charge >= 0.3 is 0 Å². The SMILES string of the molecule is [CH2]Cc1ccc(N(C)CC2CCCCC2)cc1. The Hall–Kier alpha value is -0.980. The molecule has 0 N–H and O–H groups in total. The summed E-state index contributed by atoms with van der Waals surface area (Å²) < 4.78 is 0. The molecule has 1 aliphatic rings. The molecule has 0 heterocycles. The molecule has 0 aromatic heterocycles. The van der Waals surface area contributed by atoms with Crippen molar-refractivity contribution in [3.8, 4) is 0 Å². The molecule has 93 valence electrons. The molecular formula is C16H24N. The van der Waals surface area contributed by atoms with Gasteiger partial charge < -0.3 is 4.90 Å². The van der Waals surface area contributed by atoms with Gasteiger partial charge in [0.05, 0.1) is 0 Å². The van der Waals surface area contributed by atoms with Crippen LogP contribution in [0.5, 0.6) is 0 Å². The third-order valence-corrected chi connectivity index (χ3v) is 3.92. The van der Waals surface area contributed by atoms with E-state index >= 15 is 0 Å². The number of hydrogen-bond donors (Lipinski definition) is 0. The van der Waals surface area contributed by atoms with Crippen LogP contribution in [0.2, 0.25) is 0 Å². The molecule has 0 spiro atoms. The highest BCUT2D eigenvalue weighted by molar-refractivity contribution is 5.47. The Kier molecular flexibility index (Phi) is 4.47. The molecule has 1 aliphatic carbocycles. The summed E-state index contributed by atoms with van der Waals surface area (Å²) in [6, 6.07) is 8.84. The van der Waals surface area contributed by atoms with Gasteiger partial charge in [0.2, 0.25) is 0 Å². The highest BCUT2D eigenvalue weighted by Crippen LogP contribution is 2.25. The summed E-state index contributed by atoms with van der Waals surface area (Å²) in [5.74, 6) is 0.904. The van der Waals surface area contributed by atoms with E-state index in [9.17, 15) is 0 Å². The van der Waals surface area contributed by atoms with Crippen LogP contribution < -0.4 is 4.90 Å². The molecule has 1 aromatic rings. The van der Waals surface area contributed by atoms with Gasteiger partial charge in [-0.25, -0.2) is 0 Å². The molecule has 17 heavy (non-hydrogen) atoms. The van der Waals surface area contributed by atoms with Crippen LogP contribution >= 0.6 is 0 Å². The van der Waals surface area contributed by atoms with Gasteiger partial charge in [-0.15, -0.1) is 0 Å². The van der Waals surface area contributed by atoms with Gasteiger partial charge in [0, 0.05) is 19.3 Å². The molecule has 1 fully saturated rings. The fourth-order valence-electron chi connectivity index (χ4n) is 2.78. The second-order valence-electron chi connectivity index (χ2n) is 5.30. The van der Waals surface area contributed by atoms with Crippen molar-refractivity contribution in [3.05, 3.63) is 36.8 Å². The van der Waals surface area contributed by atoms with Crippen LogP contribution in [0.1, 0.15) is 37.7 Å². The minimum absolute atomic E-state index is 0.882. The summed E-state index contributed by atoms with van der Waals surface area (Å²) >= 11 is 0. The third-order valence-electron chi connectivity index (χ3n) is 3.92. The van der Waals surface area contributed by atoms with Crippen molar-refractivity contribution >= 4 is 5.69 Å². The number of hydrogen-bond acceptors (Lipinski definition) is 1. The van der Waals surface area contributed by atoms with Gasteiger partial charge in [0.1, 0.15) is 0 Å². The first kappa shape index (κ1) is 12.5. The highest BCUT2D eigenvalue weighted by Gasteiger charge is 2.15. The smallest absolute Gasteiger partial charge is 0.0363 e. The van der Waals surface area contributed by atoms with E-state index in [0.29, 0.717) is 0 Å². The van der Waals surface area contributed by atoms with Crippen molar-refractivity contribution in [2.75, 3.05) is 18.5 Å². The van der Waals surface area contributed by atoms with E-state index in [1.165, 1.54) is 49.9 Å². The fourth-order valence-corrected chi connectivity index (χ4v) is 2.78. The number of benzene rings is 1. The first-order valence-electron chi connectivity index (χ1n) is 6.89. The summed E-state index contributed by atoms with van der Waals surface area (Å²) in [7, 11) is 2.22. The third kappa shape index (κ3) is 3.49. The first-order valence-corrected chi connectivity index (χ1v) is 6.89. The zero-order chi connectivity index (χ0) is 12.1. The summed E-state index contributed by atoms with van der Waals surface area (Å²) in [4.78, 5) is 2.41. The molecular weight excluding hydrogens is 206 g/mol. The lowest BCUT2D eigenvalue weighted by Gasteiger charge is -2.28. The van der Waals surface area contributed by atoms with Crippen molar-refractivity contribution in [2.24, 2.45) is 5.92 Å². The molecule has 2 rings (SSSR count). The van der Waals surface area contributed by atoms with Crippen molar-refractivity contribution in [3.63, 3.8) is 0 Å². The fraction of sp³-hybridized carbons (Fsp3) is 0.562. The van der Waals surface area contributed by atoms with Crippen molar-refractivity contribution in [2.45, 2.75) is 38.5 Å². The van der Waals surface area contributed by atoms with Crippen molar-refractivity contribution in [1.29, 1.82) is 0 Å². The Labute approximate surface area is 106 Å². The van der Waals surface area contributed by atoms with Gasteiger partial charge in [-0.05, 0) is 49.8 Å². The molecule has 1 nitrogen and oxygen atoms in total. The van der Waals surface area contributed by atoms with Gasteiger partial charge in [0.15, 0.2) is 0 Å². The molecule has 1 aromatic carbocycles. The minimum atomic E-state index is 0.882.